The molecular formula is C22H23ClN4O3S. The number of rotatable bonds is 8. The molecule has 0 radical (unpaired) electrons. The normalized spacial score (nSPS) is 15.9. The van der Waals surface area contributed by atoms with Gasteiger partial charge in [-0.2, -0.15) is 0 Å². The molecule has 2 aromatic rings. The minimum absolute atomic E-state index is 0.166. The van der Waals surface area contributed by atoms with E-state index in [0.29, 0.717) is 23.7 Å². The number of nitrogens with zero attached hydrogens (tertiary/aromatic N) is 2. The smallest absolute Gasteiger partial charge is 0.254 e. The molecule has 2 N–H and O–H groups in total. The summed E-state index contributed by atoms with van der Waals surface area (Å²) in [7, 11) is 0. The molecule has 0 unspecified atom stereocenters. The lowest BCUT2D eigenvalue weighted by Gasteiger charge is -2.24. The Balaban J connectivity index is 1.65. The van der Waals surface area contributed by atoms with Crippen molar-refractivity contribution >= 4 is 52.3 Å². The number of hydrogen-bond donors (Lipinski definition) is 2. The van der Waals surface area contributed by atoms with Gasteiger partial charge in [0.1, 0.15) is 6.04 Å². The molecule has 3 rings (SSSR count). The summed E-state index contributed by atoms with van der Waals surface area (Å²) in [5.41, 5.74) is 4.27. The molecule has 0 spiro atoms. The Hall–Kier alpha value is -2.97. The summed E-state index contributed by atoms with van der Waals surface area (Å²) in [6.07, 6.45) is 0.616. The molecule has 9 heteroatoms. The SMILES string of the molecule is CCN1C(=O)[C@@H](CC(=O)Nc2cccc(Cl)c2)N(NC(=O)CCc2ccccc2)C1=S. The van der Waals surface area contributed by atoms with Crippen molar-refractivity contribution in [2.45, 2.75) is 32.2 Å². The fraction of sp³-hybridized carbons (Fsp3) is 0.273. The number of likely N-dealkylation sites (N-methyl/N-ethyl adjacent to an activating group) is 1. The number of amides is 3. The van der Waals surface area contributed by atoms with Crippen molar-refractivity contribution in [3.05, 3.63) is 65.2 Å². The van der Waals surface area contributed by atoms with Crippen LogP contribution >= 0.6 is 23.8 Å². The number of thiocarbonyl (C=S) groups is 1. The van der Waals surface area contributed by atoms with Crippen molar-refractivity contribution in [3.8, 4) is 0 Å². The summed E-state index contributed by atoms with van der Waals surface area (Å²) in [4.78, 5) is 39.3. The average molecular weight is 459 g/mol. The van der Waals surface area contributed by atoms with E-state index in [0.717, 1.165) is 5.56 Å². The first-order valence-corrected chi connectivity index (χ1v) is 10.7. The van der Waals surface area contributed by atoms with Crippen LogP contribution < -0.4 is 10.7 Å². The molecule has 31 heavy (non-hydrogen) atoms. The summed E-state index contributed by atoms with van der Waals surface area (Å²) < 4.78 is 0. The minimum atomic E-state index is -0.910. The van der Waals surface area contributed by atoms with E-state index in [1.807, 2.05) is 30.3 Å². The van der Waals surface area contributed by atoms with Gasteiger partial charge in [0.05, 0.1) is 6.42 Å². The van der Waals surface area contributed by atoms with E-state index in [2.05, 4.69) is 10.7 Å². The molecule has 0 saturated carbocycles. The molecule has 0 aromatic heterocycles. The van der Waals surface area contributed by atoms with Crippen molar-refractivity contribution < 1.29 is 14.4 Å². The summed E-state index contributed by atoms with van der Waals surface area (Å²) in [6.45, 7) is 2.13. The number of nitrogens with one attached hydrogen (secondary N) is 2. The molecule has 1 aliphatic heterocycles. The van der Waals surface area contributed by atoms with Crippen LogP contribution in [0.5, 0.6) is 0 Å². The Morgan fingerprint density at radius 3 is 2.52 bits per heavy atom. The third-order valence-electron chi connectivity index (χ3n) is 4.83. The Kier molecular flexibility index (Phi) is 7.59. The fourth-order valence-corrected chi connectivity index (χ4v) is 3.87. The first kappa shape index (κ1) is 22.7. The fourth-order valence-electron chi connectivity index (χ4n) is 3.29. The largest absolute Gasteiger partial charge is 0.326 e. The van der Waals surface area contributed by atoms with E-state index in [9.17, 15) is 14.4 Å². The second kappa shape index (κ2) is 10.4. The first-order chi connectivity index (χ1) is 14.9. The molecule has 1 atom stereocenters. The van der Waals surface area contributed by atoms with Crippen LogP contribution in [0.15, 0.2) is 54.6 Å². The molecule has 0 aliphatic carbocycles. The highest BCUT2D eigenvalue weighted by molar-refractivity contribution is 7.80. The van der Waals surface area contributed by atoms with Gasteiger partial charge in [0.25, 0.3) is 5.91 Å². The van der Waals surface area contributed by atoms with Crippen LogP contribution in [0, 0.1) is 0 Å². The number of halogens is 1. The molecule has 1 aliphatic rings. The van der Waals surface area contributed by atoms with Crippen LogP contribution in [0.1, 0.15) is 25.3 Å². The molecule has 1 heterocycles. The van der Waals surface area contributed by atoms with Gasteiger partial charge in [-0.3, -0.25) is 24.7 Å². The summed E-state index contributed by atoms with van der Waals surface area (Å²) >= 11 is 11.3. The molecule has 3 amide bonds. The highest BCUT2D eigenvalue weighted by Crippen LogP contribution is 2.21. The summed E-state index contributed by atoms with van der Waals surface area (Å²) in [5.74, 6) is -0.987. The Bertz CT molecular complexity index is 986. The maximum absolute atomic E-state index is 12.8. The Morgan fingerprint density at radius 1 is 1.10 bits per heavy atom. The number of hydrazine groups is 1. The zero-order chi connectivity index (χ0) is 22.4. The number of carbonyl (C=O) groups is 3. The van der Waals surface area contributed by atoms with Crippen LogP contribution in [0.2, 0.25) is 5.02 Å². The maximum Gasteiger partial charge on any atom is 0.254 e. The number of benzene rings is 2. The van der Waals surface area contributed by atoms with Crippen LogP contribution in [-0.4, -0.2) is 45.3 Å². The third kappa shape index (κ3) is 5.80. The lowest BCUT2D eigenvalue weighted by atomic mass is 10.1. The molecule has 2 aromatic carbocycles. The van der Waals surface area contributed by atoms with Crippen LogP contribution in [-0.2, 0) is 20.8 Å². The van der Waals surface area contributed by atoms with Crippen molar-refractivity contribution in [1.82, 2.24) is 15.3 Å². The molecule has 1 saturated heterocycles. The van der Waals surface area contributed by atoms with Crippen LogP contribution in [0.4, 0.5) is 5.69 Å². The van der Waals surface area contributed by atoms with Crippen LogP contribution in [0.25, 0.3) is 0 Å². The van der Waals surface area contributed by atoms with Gasteiger partial charge >= 0.3 is 0 Å². The molecule has 0 bridgehead atoms. The first-order valence-electron chi connectivity index (χ1n) is 9.92. The number of carbonyl (C=O) groups excluding carboxylic acids is 3. The van der Waals surface area contributed by atoms with Crippen LogP contribution in [0.3, 0.4) is 0 Å². The number of anilines is 1. The van der Waals surface area contributed by atoms with Gasteiger partial charge in [-0.1, -0.05) is 48.0 Å². The molecule has 1 fully saturated rings. The lowest BCUT2D eigenvalue weighted by Crippen LogP contribution is -2.49. The minimum Gasteiger partial charge on any atom is -0.326 e. The second-order valence-corrected chi connectivity index (χ2v) is 7.84. The van der Waals surface area contributed by atoms with Gasteiger partial charge in [0.15, 0.2) is 5.11 Å². The molecule has 7 nitrogen and oxygen atoms in total. The van der Waals surface area contributed by atoms with Crippen molar-refractivity contribution in [2.24, 2.45) is 0 Å². The lowest BCUT2D eigenvalue weighted by molar-refractivity contribution is -0.132. The van der Waals surface area contributed by atoms with Gasteiger partial charge in [-0.05, 0) is 49.3 Å². The van der Waals surface area contributed by atoms with Gasteiger partial charge < -0.3 is 5.32 Å². The van der Waals surface area contributed by atoms with Gasteiger partial charge in [-0.15, -0.1) is 0 Å². The third-order valence-corrected chi connectivity index (χ3v) is 5.48. The Morgan fingerprint density at radius 2 is 1.84 bits per heavy atom. The summed E-state index contributed by atoms with van der Waals surface area (Å²) in [5, 5.41) is 4.72. The van der Waals surface area contributed by atoms with E-state index < -0.39 is 6.04 Å². The van der Waals surface area contributed by atoms with Gasteiger partial charge in [-0.25, -0.2) is 5.01 Å². The topological polar surface area (TPSA) is 81.8 Å². The quantitative estimate of drug-likeness (QED) is 0.594. The molecule has 162 valence electrons. The van der Waals surface area contributed by atoms with E-state index in [1.54, 1.807) is 31.2 Å². The van der Waals surface area contributed by atoms with E-state index in [1.165, 1.54) is 9.91 Å². The van der Waals surface area contributed by atoms with E-state index >= 15 is 0 Å². The van der Waals surface area contributed by atoms with Gasteiger partial charge in [0, 0.05) is 23.7 Å². The standard InChI is InChI=1S/C22H23ClN4O3S/c1-2-26-21(30)18(14-20(29)24-17-10-6-9-16(23)13-17)27(22(26)31)25-19(28)12-11-15-7-4-3-5-8-15/h3-10,13,18H,2,11-12,14H2,1H3,(H,24,29)(H,25,28)/t18-/m1/s1. The van der Waals surface area contributed by atoms with E-state index in [4.69, 9.17) is 23.8 Å². The predicted molar refractivity (Wildman–Crippen MR) is 123 cm³/mol. The molecular weight excluding hydrogens is 436 g/mol. The highest BCUT2D eigenvalue weighted by atomic mass is 35.5. The second-order valence-electron chi connectivity index (χ2n) is 7.03. The zero-order valence-electron chi connectivity index (χ0n) is 17.0. The Labute approximate surface area is 191 Å². The summed E-state index contributed by atoms with van der Waals surface area (Å²) in [6, 6.07) is 15.4. The van der Waals surface area contributed by atoms with E-state index in [-0.39, 0.29) is 35.7 Å². The van der Waals surface area contributed by atoms with Crippen molar-refractivity contribution in [3.63, 3.8) is 0 Å². The predicted octanol–water partition coefficient (Wildman–Crippen LogP) is 3.15. The average Bonchev–Trinajstić information content (AvgIpc) is 2.96. The zero-order valence-corrected chi connectivity index (χ0v) is 18.6. The monoisotopic (exact) mass is 458 g/mol. The number of aryl methyl sites for hydroxylation is 1. The van der Waals surface area contributed by atoms with Crippen molar-refractivity contribution in [2.75, 3.05) is 11.9 Å². The highest BCUT2D eigenvalue weighted by Gasteiger charge is 2.43. The number of hydrogen-bond acceptors (Lipinski definition) is 4. The van der Waals surface area contributed by atoms with Crippen molar-refractivity contribution in [1.29, 1.82) is 0 Å². The maximum atomic E-state index is 12.8. The van der Waals surface area contributed by atoms with Gasteiger partial charge in [0.2, 0.25) is 11.8 Å².